The molecule has 1 aromatic carbocycles. The van der Waals surface area contributed by atoms with E-state index >= 15 is 0 Å². The van der Waals surface area contributed by atoms with Crippen LogP contribution in [0.3, 0.4) is 0 Å². The fourth-order valence-electron chi connectivity index (χ4n) is 2.26. The van der Waals surface area contributed by atoms with Gasteiger partial charge in [0.05, 0.1) is 24.0 Å². The van der Waals surface area contributed by atoms with Gasteiger partial charge in [-0.15, -0.1) is 0 Å². The predicted molar refractivity (Wildman–Crippen MR) is 76.1 cm³/mol. The number of aromatic amines is 1. The zero-order chi connectivity index (χ0) is 14.3. The number of carboxylic acid groups (broad SMARTS) is 1. The number of carboxylic acids is 1. The smallest absolute Gasteiger partial charge is 0.309 e. The van der Waals surface area contributed by atoms with E-state index in [1.54, 1.807) is 10.7 Å². The van der Waals surface area contributed by atoms with Crippen LogP contribution < -0.4 is 0 Å². The number of aryl methyl sites for hydroxylation is 1. The molecule has 0 aliphatic rings. The molecule has 2 heterocycles. The zero-order valence-corrected chi connectivity index (χ0v) is 11.5. The second-order valence-electron chi connectivity index (χ2n) is 4.62. The number of fused-ring (bicyclic) bond motifs is 1. The Morgan fingerprint density at radius 2 is 2.30 bits per heavy atom. The van der Waals surface area contributed by atoms with Crippen LogP contribution in [0.25, 0.3) is 16.9 Å². The van der Waals surface area contributed by atoms with Crippen molar-refractivity contribution >= 4 is 23.2 Å². The molecule has 0 saturated heterocycles. The molecule has 0 aliphatic heterocycles. The van der Waals surface area contributed by atoms with Crippen LogP contribution >= 0.6 is 11.6 Å². The summed E-state index contributed by atoms with van der Waals surface area (Å²) in [6, 6.07) is 7.54. The number of nitrogens with zero attached hydrogens (tertiary/aromatic N) is 2. The number of hydrogen-bond donors (Lipinski definition) is 2. The summed E-state index contributed by atoms with van der Waals surface area (Å²) >= 11 is 6.00. The third-order valence-electron chi connectivity index (χ3n) is 3.14. The molecule has 2 N–H and O–H groups in total. The maximum absolute atomic E-state index is 10.7. The molecule has 2 aromatic heterocycles. The molecule has 5 nitrogen and oxygen atoms in total. The van der Waals surface area contributed by atoms with Crippen molar-refractivity contribution in [2.45, 2.75) is 13.3 Å². The molecule has 6 heteroatoms. The number of halogens is 1. The Hall–Kier alpha value is -2.27. The van der Waals surface area contributed by atoms with E-state index in [4.69, 9.17) is 16.7 Å². The molecular formula is C14H12ClN3O2. The van der Waals surface area contributed by atoms with Crippen LogP contribution in [0.5, 0.6) is 0 Å². The van der Waals surface area contributed by atoms with Crippen LogP contribution in [0.1, 0.15) is 11.3 Å². The molecule has 0 radical (unpaired) electrons. The third kappa shape index (κ3) is 2.16. The van der Waals surface area contributed by atoms with Gasteiger partial charge in [0.15, 0.2) is 5.65 Å². The first-order valence-electron chi connectivity index (χ1n) is 6.09. The van der Waals surface area contributed by atoms with Crippen molar-refractivity contribution in [1.29, 1.82) is 0 Å². The lowest BCUT2D eigenvalue weighted by atomic mass is 10.1. The Kier molecular flexibility index (Phi) is 2.99. The summed E-state index contributed by atoms with van der Waals surface area (Å²) in [6.45, 7) is 1.94. The number of aromatic nitrogens is 3. The van der Waals surface area contributed by atoms with Crippen LogP contribution in [0, 0.1) is 6.92 Å². The highest BCUT2D eigenvalue weighted by Gasteiger charge is 2.14. The van der Waals surface area contributed by atoms with E-state index in [9.17, 15) is 4.79 Å². The quantitative estimate of drug-likeness (QED) is 0.779. The molecule has 0 saturated carbocycles. The molecule has 0 atom stereocenters. The second-order valence-corrected chi connectivity index (χ2v) is 5.05. The van der Waals surface area contributed by atoms with E-state index < -0.39 is 5.97 Å². The van der Waals surface area contributed by atoms with Crippen molar-refractivity contribution < 1.29 is 9.90 Å². The van der Waals surface area contributed by atoms with Gasteiger partial charge in [0.25, 0.3) is 0 Å². The molecule has 3 rings (SSSR count). The first-order chi connectivity index (χ1) is 9.54. The largest absolute Gasteiger partial charge is 0.481 e. The Morgan fingerprint density at radius 1 is 1.50 bits per heavy atom. The molecule has 0 aliphatic carbocycles. The number of hydrogen-bond acceptors (Lipinski definition) is 2. The van der Waals surface area contributed by atoms with Crippen molar-refractivity contribution in [1.82, 2.24) is 14.6 Å². The first-order valence-corrected chi connectivity index (χ1v) is 6.46. The van der Waals surface area contributed by atoms with Crippen molar-refractivity contribution in [2.24, 2.45) is 0 Å². The van der Waals surface area contributed by atoms with Gasteiger partial charge < -0.3 is 5.11 Å². The molecule has 0 bridgehead atoms. The van der Waals surface area contributed by atoms with Crippen LogP contribution in [-0.4, -0.2) is 25.7 Å². The minimum atomic E-state index is -0.890. The van der Waals surface area contributed by atoms with Gasteiger partial charge in [0.1, 0.15) is 0 Å². The molecular weight excluding hydrogens is 278 g/mol. The molecule has 0 unspecified atom stereocenters. The van der Waals surface area contributed by atoms with E-state index in [0.29, 0.717) is 10.7 Å². The predicted octanol–water partition coefficient (Wildman–Crippen LogP) is 2.92. The van der Waals surface area contributed by atoms with E-state index in [0.717, 1.165) is 22.5 Å². The normalized spacial score (nSPS) is 11.1. The van der Waals surface area contributed by atoms with Crippen LogP contribution in [0.15, 0.2) is 30.5 Å². The Bertz CT molecular complexity index is 804. The Morgan fingerprint density at radius 3 is 2.95 bits per heavy atom. The van der Waals surface area contributed by atoms with Crippen LogP contribution in [-0.2, 0) is 11.2 Å². The minimum absolute atomic E-state index is 0.0819. The number of H-pyrrole nitrogens is 1. The number of nitrogens with one attached hydrogen (secondary N) is 1. The Labute approximate surface area is 119 Å². The summed E-state index contributed by atoms with van der Waals surface area (Å²) < 4.78 is 1.74. The minimum Gasteiger partial charge on any atom is -0.481 e. The second kappa shape index (κ2) is 4.68. The Balaban J connectivity index is 2.08. The van der Waals surface area contributed by atoms with Gasteiger partial charge in [-0.25, -0.2) is 9.50 Å². The van der Waals surface area contributed by atoms with Gasteiger partial charge in [-0.2, -0.15) is 0 Å². The number of benzene rings is 1. The SMILES string of the molecule is Cc1c(-c2cccc(Cl)c2)[nH]n2cc(CC(=O)O)nc12. The summed E-state index contributed by atoms with van der Waals surface area (Å²) in [4.78, 5) is 15.0. The maximum Gasteiger partial charge on any atom is 0.309 e. The summed E-state index contributed by atoms with van der Waals surface area (Å²) in [5.74, 6) is -0.890. The number of carbonyl (C=O) groups is 1. The first kappa shape index (κ1) is 12.7. The van der Waals surface area contributed by atoms with Crippen LogP contribution in [0.2, 0.25) is 5.02 Å². The monoisotopic (exact) mass is 289 g/mol. The van der Waals surface area contributed by atoms with Crippen molar-refractivity contribution in [3.05, 3.63) is 46.7 Å². The average molecular weight is 290 g/mol. The zero-order valence-electron chi connectivity index (χ0n) is 10.7. The molecule has 3 aromatic rings. The lowest BCUT2D eigenvalue weighted by Crippen LogP contribution is -2.00. The number of imidazole rings is 1. The summed E-state index contributed by atoms with van der Waals surface area (Å²) in [6.07, 6.45) is 1.62. The lowest BCUT2D eigenvalue weighted by Gasteiger charge is -2.00. The van der Waals surface area contributed by atoms with E-state index in [1.165, 1.54) is 0 Å². The molecule has 0 fully saturated rings. The summed E-state index contributed by atoms with van der Waals surface area (Å²) in [5, 5.41) is 12.7. The lowest BCUT2D eigenvalue weighted by molar-refractivity contribution is -0.136. The van der Waals surface area contributed by atoms with Crippen LogP contribution in [0.4, 0.5) is 0 Å². The van der Waals surface area contributed by atoms with Gasteiger partial charge in [0.2, 0.25) is 0 Å². The number of aliphatic carboxylic acids is 1. The highest BCUT2D eigenvalue weighted by atomic mass is 35.5. The topological polar surface area (TPSA) is 70.4 Å². The van der Waals surface area contributed by atoms with Crippen molar-refractivity contribution in [3.63, 3.8) is 0 Å². The van der Waals surface area contributed by atoms with Gasteiger partial charge >= 0.3 is 5.97 Å². The number of rotatable bonds is 3. The standard InChI is InChI=1S/C14H12ClN3O2/c1-8-13(9-3-2-4-10(15)5-9)17-18-7-11(6-12(19)20)16-14(8)18/h2-5,7,17H,6H2,1H3,(H,19,20). The van der Waals surface area contributed by atoms with E-state index in [1.807, 2.05) is 31.2 Å². The van der Waals surface area contributed by atoms with Gasteiger partial charge in [0, 0.05) is 16.1 Å². The third-order valence-corrected chi connectivity index (χ3v) is 3.38. The van der Waals surface area contributed by atoms with E-state index in [2.05, 4.69) is 10.1 Å². The molecule has 20 heavy (non-hydrogen) atoms. The van der Waals surface area contributed by atoms with E-state index in [-0.39, 0.29) is 6.42 Å². The highest BCUT2D eigenvalue weighted by Crippen LogP contribution is 2.27. The average Bonchev–Trinajstić information content (AvgIpc) is 2.88. The van der Waals surface area contributed by atoms with Crippen molar-refractivity contribution in [2.75, 3.05) is 0 Å². The van der Waals surface area contributed by atoms with Gasteiger partial charge in [-0.3, -0.25) is 9.89 Å². The summed E-state index contributed by atoms with van der Waals surface area (Å²) in [5.41, 5.74) is 4.13. The van der Waals surface area contributed by atoms with Crippen molar-refractivity contribution in [3.8, 4) is 11.3 Å². The fourth-order valence-corrected chi connectivity index (χ4v) is 2.45. The molecule has 102 valence electrons. The van der Waals surface area contributed by atoms with Gasteiger partial charge in [-0.1, -0.05) is 23.7 Å². The maximum atomic E-state index is 10.7. The fraction of sp³-hybridized carbons (Fsp3) is 0.143. The molecule has 0 amide bonds. The van der Waals surface area contributed by atoms with Gasteiger partial charge in [-0.05, 0) is 19.1 Å². The highest BCUT2D eigenvalue weighted by molar-refractivity contribution is 6.30. The molecule has 0 spiro atoms. The summed E-state index contributed by atoms with van der Waals surface area (Å²) in [7, 11) is 0.